The van der Waals surface area contributed by atoms with Crippen molar-refractivity contribution in [2.45, 2.75) is 95.8 Å². The fourth-order valence-corrected chi connectivity index (χ4v) is 4.60. The lowest BCUT2D eigenvalue weighted by molar-refractivity contribution is 0.104. The maximum atomic E-state index is 12.4. The Morgan fingerprint density at radius 2 is 1.32 bits per heavy atom. The van der Waals surface area contributed by atoms with Crippen molar-refractivity contribution in [3.8, 4) is 5.75 Å². The number of hydrogen-bond acceptors (Lipinski definition) is 3. The Labute approximate surface area is 212 Å². The second kappa shape index (κ2) is 18.3. The minimum Gasteiger partial charge on any atom is -0.494 e. The number of thioether (sulfide) groups is 1. The molecule has 0 unspecified atom stereocenters. The first-order valence-electron chi connectivity index (χ1n) is 13.4. The van der Waals surface area contributed by atoms with Gasteiger partial charge in [0.05, 0.1) is 6.61 Å². The van der Waals surface area contributed by atoms with Crippen LogP contribution in [0.5, 0.6) is 5.75 Å². The van der Waals surface area contributed by atoms with Crippen molar-refractivity contribution < 1.29 is 9.53 Å². The summed E-state index contributed by atoms with van der Waals surface area (Å²) in [6.45, 7) is 5.22. The van der Waals surface area contributed by atoms with Crippen molar-refractivity contribution in [1.29, 1.82) is 0 Å². The topological polar surface area (TPSA) is 26.3 Å². The third-order valence-electron chi connectivity index (χ3n) is 5.94. The van der Waals surface area contributed by atoms with Gasteiger partial charge in [-0.3, -0.25) is 4.79 Å². The minimum atomic E-state index is 0.0314. The van der Waals surface area contributed by atoms with Crippen molar-refractivity contribution in [2.75, 3.05) is 12.4 Å². The summed E-state index contributed by atoms with van der Waals surface area (Å²) in [5.41, 5.74) is 1.73. The Kier molecular flexibility index (Phi) is 15.2. The number of allylic oxidation sites excluding steroid dienone is 1. The van der Waals surface area contributed by atoms with E-state index in [9.17, 15) is 4.79 Å². The third kappa shape index (κ3) is 12.5. The summed E-state index contributed by atoms with van der Waals surface area (Å²) in [5, 5.41) is 0. The number of rotatable bonds is 19. The molecule has 0 aliphatic carbocycles. The maximum absolute atomic E-state index is 12.4. The van der Waals surface area contributed by atoms with E-state index in [-0.39, 0.29) is 5.78 Å². The molecule has 2 nitrogen and oxygen atoms in total. The quantitative estimate of drug-likeness (QED) is 0.0866. The fraction of sp³-hybridized carbons (Fsp3) is 0.516. The Bertz CT molecular complexity index is 808. The molecular formula is C31H44O2S. The van der Waals surface area contributed by atoms with E-state index in [1.807, 2.05) is 66.4 Å². The first kappa shape index (κ1) is 28.2. The number of carbonyl (C=O) groups excluding carboxylic acids is 1. The molecule has 0 bridgehead atoms. The fourth-order valence-electron chi connectivity index (χ4n) is 3.83. The van der Waals surface area contributed by atoms with E-state index in [0.29, 0.717) is 0 Å². The highest BCUT2D eigenvalue weighted by atomic mass is 32.2. The molecule has 0 fully saturated rings. The number of carbonyl (C=O) groups is 1. The summed E-state index contributed by atoms with van der Waals surface area (Å²) in [6.07, 6.45) is 19.5. The summed E-state index contributed by atoms with van der Waals surface area (Å²) >= 11 is 1.83. The van der Waals surface area contributed by atoms with Crippen molar-refractivity contribution in [1.82, 2.24) is 0 Å². The molecule has 0 spiro atoms. The Morgan fingerprint density at radius 3 is 1.91 bits per heavy atom. The molecule has 0 radical (unpaired) electrons. The zero-order valence-corrected chi connectivity index (χ0v) is 22.2. The summed E-state index contributed by atoms with van der Waals surface area (Å²) in [4.78, 5) is 13.6. The van der Waals surface area contributed by atoms with Gasteiger partial charge in [0.25, 0.3) is 0 Å². The molecule has 3 heteroatoms. The van der Waals surface area contributed by atoms with Crippen molar-refractivity contribution in [3.63, 3.8) is 0 Å². The zero-order chi connectivity index (χ0) is 24.3. The second-order valence-electron chi connectivity index (χ2n) is 9.02. The van der Waals surface area contributed by atoms with E-state index in [4.69, 9.17) is 4.74 Å². The van der Waals surface area contributed by atoms with E-state index in [0.717, 1.165) is 42.1 Å². The molecule has 0 aliphatic rings. The van der Waals surface area contributed by atoms with E-state index in [1.165, 1.54) is 69.1 Å². The summed E-state index contributed by atoms with van der Waals surface area (Å²) < 4.78 is 5.88. The predicted octanol–water partition coefficient (Wildman–Crippen LogP) is 9.77. The molecule has 0 saturated heterocycles. The minimum absolute atomic E-state index is 0.0314. The summed E-state index contributed by atoms with van der Waals surface area (Å²) in [6, 6.07) is 15.9. The molecule has 0 saturated carbocycles. The van der Waals surface area contributed by atoms with Crippen LogP contribution in [0.25, 0.3) is 6.08 Å². The van der Waals surface area contributed by atoms with Gasteiger partial charge in [0.1, 0.15) is 5.75 Å². The lowest BCUT2D eigenvalue weighted by atomic mass is 10.1. The predicted molar refractivity (Wildman–Crippen MR) is 149 cm³/mol. The van der Waals surface area contributed by atoms with Crippen LogP contribution in [0.4, 0.5) is 0 Å². The zero-order valence-electron chi connectivity index (χ0n) is 21.4. The van der Waals surface area contributed by atoms with Gasteiger partial charge in [-0.05, 0) is 66.6 Å². The Morgan fingerprint density at radius 1 is 0.735 bits per heavy atom. The van der Waals surface area contributed by atoms with Crippen LogP contribution in [0.2, 0.25) is 0 Å². The molecule has 0 heterocycles. The van der Waals surface area contributed by atoms with Crippen molar-refractivity contribution in [3.05, 3.63) is 65.7 Å². The standard InChI is InChI=1S/C31H44O2S/c1-3-5-6-7-8-9-10-11-12-13-14-25-33-29-20-15-27(16-21-29)17-24-31(32)28-18-22-30(23-19-28)34-26-4-2/h15-24H,3-14,25-26H2,1-2H3. The van der Waals surface area contributed by atoms with Crippen molar-refractivity contribution >= 4 is 23.6 Å². The van der Waals surface area contributed by atoms with Gasteiger partial charge >= 0.3 is 0 Å². The molecule has 0 aliphatic heterocycles. The second-order valence-corrected chi connectivity index (χ2v) is 10.2. The molecule has 2 aromatic carbocycles. The molecule has 34 heavy (non-hydrogen) atoms. The van der Waals surface area contributed by atoms with Crippen LogP contribution in [0.3, 0.4) is 0 Å². The van der Waals surface area contributed by atoms with Gasteiger partial charge in [-0.2, -0.15) is 0 Å². The van der Waals surface area contributed by atoms with Gasteiger partial charge in [-0.25, -0.2) is 0 Å². The maximum Gasteiger partial charge on any atom is 0.185 e. The van der Waals surface area contributed by atoms with E-state index >= 15 is 0 Å². The highest BCUT2D eigenvalue weighted by Crippen LogP contribution is 2.20. The van der Waals surface area contributed by atoms with E-state index < -0.39 is 0 Å². The Balaban J connectivity index is 1.58. The van der Waals surface area contributed by atoms with Gasteiger partial charge in [0, 0.05) is 10.5 Å². The number of unbranched alkanes of at least 4 members (excludes halogenated alkanes) is 10. The smallest absolute Gasteiger partial charge is 0.185 e. The van der Waals surface area contributed by atoms with Gasteiger partial charge in [0.2, 0.25) is 0 Å². The first-order chi connectivity index (χ1) is 16.7. The van der Waals surface area contributed by atoms with E-state index in [2.05, 4.69) is 13.8 Å². The molecule has 0 atom stereocenters. The van der Waals surface area contributed by atoms with Crippen LogP contribution in [0, 0.1) is 0 Å². The highest BCUT2D eigenvalue weighted by Gasteiger charge is 2.02. The number of benzene rings is 2. The number of ether oxygens (including phenoxy) is 1. The molecule has 2 aromatic rings. The summed E-state index contributed by atoms with van der Waals surface area (Å²) in [5.74, 6) is 2.03. The average Bonchev–Trinajstić information content (AvgIpc) is 2.87. The van der Waals surface area contributed by atoms with Crippen LogP contribution >= 0.6 is 11.8 Å². The highest BCUT2D eigenvalue weighted by molar-refractivity contribution is 7.99. The lowest BCUT2D eigenvalue weighted by Gasteiger charge is -2.06. The Hall–Kier alpha value is -2.00. The van der Waals surface area contributed by atoms with Crippen LogP contribution in [0.1, 0.15) is 107 Å². The largest absolute Gasteiger partial charge is 0.494 e. The van der Waals surface area contributed by atoms with Gasteiger partial charge in [-0.1, -0.05) is 96.3 Å². The number of ketones is 1. The van der Waals surface area contributed by atoms with Crippen LogP contribution in [-0.4, -0.2) is 18.1 Å². The normalized spacial score (nSPS) is 11.2. The average molecular weight is 481 g/mol. The molecule has 186 valence electrons. The van der Waals surface area contributed by atoms with E-state index in [1.54, 1.807) is 6.08 Å². The lowest BCUT2D eigenvalue weighted by Crippen LogP contribution is -1.97. The van der Waals surface area contributed by atoms with Gasteiger partial charge < -0.3 is 4.74 Å². The number of hydrogen-bond donors (Lipinski definition) is 0. The van der Waals surface area contributed by atoms with Gasteiger partial charge in [-0.15, -0.1) is 11.8 Å². The molecular weight excluding hydrogens is 436 g/mol. The third-order valence-corrected chi connectivity index (χ3v) is 7.15. The SMILES string of the molecule is CCCCCCCCCCCCCOc1ccc(C=CC(=O)c2ccc(SCCC)cc2)cc1. The van der Waals surface area contributed by atoms with Crippen molar-refractivity contribution in [2.24, 2.45) is 0 Å². The van der Waals surface area contributed by atoms with Crippen LogP contribution < -0.4 is 4.74 Å². The van der Waals surface area contributed by atoms with Crippen LogP contribution in [-0.2, 0) is 0 Å². The van der Waals surface area contributed by atoms with Crippen LogP contribution in [0.15, 0.2) is 59.5 Å². The molecule has 0 N–H and O–H groups in total. The molecule has 2 rings (SSSR count). The molecule has 0 amide bonds. The first-order valence-corrected chi connectivity index (χ1v) is 14.4. The monoisotopic (exact) mass is 480 g/mol. The van der Waals surface area contributed by atoms with Gasteiger partial charge in [0.15, 0.2) is 5.78 Å². The molecule has 0 aromatic heterocycles. The summed E-state index contributed by atoms with van der Waals surface area (Å²) in [7, 11) is 0.